The lowest BCUT2D eigenvalue weighted by Crippen LogP contribution is -2.49. The van der Waals surface area contributed by atoms with Crippen molar-refractivity contribution in [1.29, 1.82) is 0 Å². The lowest BCUT2D eigenvalue weighted by Gasteiger charge is -2.27. The normalized spacial score (nSPS) is 12.6. The van der Waals surface area contributed by atoms with Crippen LogP contribution in [0.3, 0.4) is 0 Å². The van der Waals surface area contributed by atoms with Crippen LogP contribution in [-0.2, 0) is 4.79 Å². The molecule has 29 heavy (non-hydrogen) atoms. The number of benzene rings is 1. The topological polar surface area (TPSA) is 41.1 Å². The summed E-state index contributed by atoms with van der Waals surface area (Å²) in [6.45, 7) is 2.25. The number of alkyl halides is 3. The molecule has 6 heteroatoms. The lowest BCUT2D eigenvalue weighted by atomic mass is 10.0. The van der Waals surface area contributed by atoms with Crippen LogP contribution in [0.15, 0.2) is 30.3 Å². The van der Waals surface area contributed by atoms with E-state index in [4.69, 9.17) is 34.8 Å². The summed E-state index contributed by atoms with van der Waals surface area (Å²) in [6, 6.07) is 9.39. The fraction of sp³-hybridized carbons (Fsp3) is 0.696. The smallest absolute Gasteiger partial charge is 0.228 e. The van der Waals surface area contributed by atoms with Gasteiger partial charge in [-0.25, -0.2) is 0 Å². The summed E-state index contributed by atoms with van der Waals surface area (Å²) < 4.78 is -1.64. The molecule has 0 aromatic heterocycles. The van der Waals surface area contributed by atoms with E-state index in [1.165, 1.54) is 64.2 Å². The van der Waals surface area contributed by atoms with Gasteiger partial charge in [-0.2, -0.15) is 0 Å². The van der Waals surface area contributed by atoms with E-state index in [1.807, 2.05) is 30.3 Å². The summed E-state index contributed by atoms with van der Waals surface area (Å²) in [5, 5.41) is 5.87. The van der Waals surface area contributed by atoms with Crippen LogP contribution in [0.2, 0.25) is 0 Å². The molecule has 1 aromatic carbocycles. The second-order valence-corrected chi connectivity index (χ2v) is 10.1. The zero-order valence-corrected chi connectivity index (χ0v) is 20.0. The predicted octanol–water partition coefficient (Wildman–Crippen LogP) is 8.00. The van der Waals surface area contributed by atoms with Crippen molar-refractivity contribution in [3.8, 4) is 0 Å². The summed E-state index contributed by atoms with van der Waals surface area (Å²) >= 11 is 18.1. The molecule has 1 amide bonds. The molecule has 0 aliphatic rings. The standard InChI is InChI=1S/C23H37Cl3N2O/c1-2-3-4-5-6-7-8-9-10-11-12-16-19-21(29)28-22(23(24,25)26)27-20-17-14-13-15-18-20/h13-15,17-18,22,27H,2-12,16,19H2,1H3,(H,28,29)/t22-/m0/s1. The number of nitrogens with one attached hydrogen (secondary N) is 2. The molecule has 2 N–H and O–H groups in total. The number of anilines is 1. The number of amides is 1. The van der Waals surface area contributed by atoms with E-state index in [0.29, 0.717) is 6.42 Å². The molecule has 0 saturated heterocycles. The maximum absolute atomic E-state index is 12.2. The summed E-state index contributed by atoms with van der Waals surface area (Å²) in [5.74, 6) is -0.100. The van der Waals surface area contributed by atoms with Crippen LogP contribution in [0.25, 0.3) is 0 Å². The van der Waals surface area contributed by atoms with Crippen LogP contribution in [0.1, 0.15) is 90.4 Å². The van der Waals surface area contributed by atoms with Gasteiger partial charge < -0.3 is 10.6 Å². The summed E-state index contributed by atoms with van der Waals surface area (Å²) in [6.07, 6.45) is 14.9. The maximum Gasteiger partial charge on any atom is 0.228 e. The van der Waals surface area contributed by atoms with E-state index >= 15 is 0 Å². The van der Waals surface area contributed by atoms with Crippen LogP contribution in [0.5, 0.6) is 0 Å². The zero-order valence-electron chi connectivity index (χ0n) is 17.7. The fourth-order valence-electron chi connectivity index (χ4n) is 3.26. The Morgan fingerprint density at radius 2 is 1.31 bits per heavy atom. The predicted molar refractivity (Wildman–Crippen MR) is 128 cm³/mol. The minimum Gasteiger partial charge on any atom is -0.362 e. The van der Waals surface area contributed by atoms with Crippen LogP contribution in [0.4, 0.5) is 5.69 Å². The van der Waals surface area contributed by atoms with Gasteiger partial charge in [0.1, 0.15) is 6.17 Å². The van der Waals surface area contributed by atoms with E-state index < -0.39 is 9.96 Å². The Bertz CT molecular complexity index is 535. The molecule has 0 saturated carbocycles. The van der Waals surface area contributed by atoms with Gasteiger partial charge in [0, 0.05) is 12.1 Å². The quantitative estimate of drug-likeness (QED) is 0.148. The highest BCUT2D eigenvalue weighted by molar-refractivity contribution is 6.68. The number of unbranched alkanes of at least 4 members (excludes halogenated alkanes) is 11. The third-order valence-corrected chi connectivity index (χ3v) is 5.63. The highest BCUT2D eigenvalue weighted by Gasteiger charge is 2.33. The van der Waals surface area contributed by atoms with Gasteiger partial charge >= 0.3 is 0 Å². The number of carbonyl (C=O) groups excluding carboxylic acids is 1. The molecule has 0 fully saturated rings. The van der Waals surface area contributed by atoms with Crippen molar-refractivity contribution in [3.05, 3.63) is 30.3 Å². The van der Waals surface area contributed by atoms with Crippen molar-refractivity contribution < 1.29 is 4.79 Å². The Morgan fingerprint density at radius 3 is 1.79 bits per heavy atom. The number of rotatable bonds is 16. The minimum atomic E-state index is -1.64. The van der Waals surface area contributed by atoms with E-state index in [-0.39, 0.29) is 5.91 Å². The first-order valence-electron chi connectivity index (χ1n) is 11.1. The Balaban J connectivity index is 2.11. The van der Waals surface area contributed by atoms with Gasteiger partial charge in [0.05, 0.1) is 0 Å². The second kappa shape index (κ2) is 16.1. The molecular formula is C23H37Cl3N2O. The van der Waals surface area contributed by atoms with E-state index in [2.05, 4.69) is 17.6 Å². The van der Waals surface area contributed by atoms with Gasteiger partial charge in [0.15, 0.2) is 0 Å². The Morgan fingerprint density at radius 1 is 0.828 bits per heavy atom. The molecule has 1 aromatic rings. The molecule has 0 radical (unpaired) electrons. The third-order valence-electron chi connectivity index (χ3n) is 4.97. The van der Waals surface area contributed by atoms with Crippen LogP contribution >= 0.6 is 34.8 Å². The number of para-hydroxylation sites is 1. The molecule has 1 atom stereocenters. The molecule has 0 aliphatic heterocycles. The Kier molecular flexibility index (Phi) is 14.7. The van der Waals surface area contributed by atoms with Gasteiger partial charge in [-0.15, -0.1) is 0 Å². The highest BCUT2D eigenvalue weighted by Crippen LogP contribution is 2.31. The van der Waals surface area contributed by atoms with Crippen molar-refractivity contribution >= 4 is 46.4 Å². The molecule has 0 spiro atoms. The largest absolute Gasteiger partial charge is 0.362 e. The lowest BCUT2D eigenvalue weighted by molar-refractivity contribution is -0.121. The van der Waals surface area contributed by atoms with Crippen molar-refractivity contribution in [3.63, 3.8) is 0 Å². The zero-order chi connectivity index (χ0) is 21.4. The first-order chi connectivity index (χ1) is 13.9. The monoisotopic (exact) mass is 462 g/mol. The molecule has 0 heterocycles. The van der Waals surface area contributed by atoms with Crippen molar-refractivity contribution in [2.75, 3.05) is 5.32 Å². The van der Waals surface area contributed by atoms with Gasteiger partial charge in [0.2, 0.25) is 9.70 Å². The molecule has 0 bridgehead atoms. The van der Waals surface area contributed by atoms with E-state index in [9.17, 15) is 4.79 Å². The highest BCUT2D eigenvalue weighted by atomic mass is 35.6. The van der Waals surface area contributed by atoms with Gasteiger partial charge in [-0.1, -0.05) is 131 Å². The Labute approximate surface area is 192 Å². The SMILES string of the molecule is CCCCCCCCCCCCCCC(=O)N[C@H](Nc1ccccc1)C(Cl)(Cl)Cl. The van der Waals surface area contributed by atoms with Crippen molar-refractivity contribution in [2.24, 2.45) is 0 Å². The third kappa shape index (κ3) is 14.1. The summed E-state index contributed by atoms with van der Waals surface area (Å²) in [4.78, 5) is 12.2. The second-order valence-electron chi connectivity index (χ2n) is 7.69. The number of carbonyl (C=O) groups is 1. The molecule has 0 unspecified atom stereocenters. The Hall–Kier alpha value is -0.640. The molecule has 0 aliphatic carbocycles. The number of hydrogen-bond acceptors (Lipinski definition) is 2. The molecular weight excluding hydrogens is 427 g/mol. The van der Waals surface area contributed by atoms with Crippen LogP contribution in [-0.4, -0.2) is 15.9 Å². The molecule has 3 nitrogen and oxygen atoms in total. The van der Waals surface area contributed by atoms with E-state index in [1.54, 1.807) is 0 Å². The first-order valence-corrected chi connectivity index (χ1v) is 12.2. The fourth-order valence-corrected chi connectivity index (χ4v) is 3.59. The average Bonchev–Trinajstić information content (AvgIpc) is 2.68. The van der Waals surface area contributed by atoms with Crippen molar-refractivity contribution in [1.82, 2.24) is 5.32 Å². The minimum absolute atomic E-state index is 0.100. The average molecular weight is 464 g/mol. The van der Waals surface area contributed by atoms with E-state index in [0.717, 1.165) is 18.5 Å². The molecule has 166 valence electrons. The van der Waals surface area contributed by atoms with Gasteiger partial charge in [0.25, 0.3) is 0 Å². The first kappa shape index (κ1) is 26.4. The maximum atomic E-state index is 12.2. The van der Waals surface area contributed by atoms with Crippen LogP contribution < -0.4 is 10.6 Å². The summed E-state index contributed by atoms with van der Waals surface area (Å²) in [5.41, 5.74) is 0.787. The summed E-state index contributed by atoms with van der Waals surface area (Å²) in [7, 11) is 0. The number of halogens is 3. The van der Waals surface area contributed by atoms with Gasteiger partial charge in [-0.3, -0.25) is 4.79 Å². The van der Waals surface area contributed by atoms with Crippen LogP contribution in [0, 0.1) is 0 Å². The number of hydrogen-bond donors (Lipinski definition) is 2. The van der Waals surface area contributed by atoms with Gasteiger partial charge in [-0.05, 0) is 18.6 Å². The van der Waals surface area contributed by atoms with Crippen molar-refractivity contribution in [2.45, 2.75) is 100 Å². The molecule has 1 rings (SSSR count).